The fourth-order valence-corrected chi connectivity index (χ4v) is 1.99. The third-order valence-electron chi connectivity index (χ3n) is 3.37. The molecular weight excluding hydrogens is 262 g/mol. The molecule has 1 unspecified atom stereocenters. The van der Waals surface area contributed by atoms with Crippen LogP contribution in [0.3, 0.4) is 0 Å². The van der Waals surface area contributed by atoms with Crippen molar-refractivity contribution in [1.82, 2.24) is 0 Å². The van der Waals surface area contributed by atoms with Gasteiger partial charge in [-0.3, -0.25) is 4.79 Å². The van der Waals surface area contributed by atoms with Gasteiger partial charge in [-0.1, -0.05) is 55.5 Å². The first-order valence-corrected chi connectivity index (χ1v) is 7.17. The molecule has 0 fully saturated rings. The van der Waals surface area contributed by atoms with E-state index in [4.69, 9.17) is 4.74 Å². The first-order chi connectivity index (χ1) is 10.2. The number of rotatable bonds is 6. The Morgan fingerprint density at radius 1 is 1.10 bits per heavy atom. The largest absolute Gasteiger partial charge is 0.461 e. The molecule has 2 rings (SSSR count). The molecular formula is C18H21NO2. The van der Waals surface area contributed by atoms with Crippen molar-refractivity contribution in [2.75, 3.05) is 11.9 Å². The normalized spacial score (nSPS) is 11.7. The smallest absolute Gasteiger partial charge is 0.310 e. The van der Waals surface area contributed by atoms with E-state index in [1.165, 1.54) is 5.56 Å². The highest BCUT2D eigenvalue weighted by Gasteiger charge is 2.14. The Hall–Kier alpha value is -2.29. The number of carbonyl (C=O) groups is 1. The van der Waals surface area contributed by atoms with Crippen LogP contribution in [0, 0.1) is 12.8 Å². The van der Waals surface area contributed by atoms with Gasteiger partial charge in [0.1, 0.15) is 6.61 Å². The molecule has 0 saturated carbocycles. The molecule has 0 spiro atoms. The van der Waals surface area contributed by atoms with Gasteiger partial charge >= 0.3 is 5.97 Å². The summed E-state index contributed by atoms with van der Waals surface area (Å²) in [6.45, 7) is 4.81. The molecule has 0 aliphatic heterocycles. The molecule has 0 heterocycles. The van der Waals surface area contributed by atoms with Crippen molar-refractivity contribution in [1.29, 1.82) is 0 Å². The maximum absolute atomic E-state index is 12.0. The number of aryl methyl sites for hydroxylation is 1. The van der Waals surface area contributed by atoms with Crippen molar-refractivity contribution in [2.24, 2.45) is 5.92 Å². The number of anilines is 1. The van der Waals surface area contributed by atoms with Crippen molar-refractivity contribution >= 4 is 11.7 Å². The van der Waals surface area contributed by atoms with Gasteiger partial charge in [0.15, 0.2) is 0 Å². The molecule has 0 amide bonds. The Bertz CT molecular complexity index is 581. The summed E-state index contributed by atoms with van der Waals surface area (Å²) in [6.07, 6.45) is 0. The van der Waals surface area contributed by atoms with E-state index in [9.17, 15) is 4.79 Å². The molecule has 0 saturated heterocycles. The zero-order valence-corrected chi connectivity index (χ0v) is 12.5. The SMILES string of the molecule is Cc1ccccc1NCC(C)C(=O)OCc1ccccc1. The van der Waals surface area contributed by atoms with Crippen LogP contribution in [0.1, 0.15) is 18.1 Å². The van der Waals surface area contributed by atoms with Crippen LogP contribution in [0.5, 0.6) is 0 Å². The number of ether oxygens (including phenoxy) is 1. The third kappa shape index (κ3) is 4.63. The molecule has 1 N–H and O–H groups in total. The minimum atomic E-state index is -0.187. The fourth-order valence-electron chi connectivity index (χ4n) is 1.99. The van der Waals surface area contributed by atoms with E-state index in [-0.39, 0.29) is 11.9 Å². The van der Waals surface area contributed by atoms with E-state index in [0.717, 1.165) is 11.3 Å². The zero-order chi connectivity index (χ0) is 15.1. The van der Waals surface area contributed by atoms with Crippen molar-refractivity contribution < 1.29 is 9.53 Å². The van der Waals surface area contributed by atoms with Gasteiger partial charge in [-0.25, -0.2) is 0 Å². The van der Waals surface area contributed by atoms with Crippen LogP contribution in [0.4, 0.5) is 5.69 Å². The summed E-state index contributed by atoms with van der Waals surface area (Å²) < 4.78 is 5.33. The number of nitrogens with one attached hydrogen (secondary N) is 1. The van der Waals surface area contributed by atoms with Crippen LogP contribution in [-0.4, -0.2) is 12.5 Å². The van der Waals surface area contributed by atoms with Gasteiger partial charge in [-0.15, -0.1) is 0 Å². The van der Waals surface area contributed by atoms with E-state index >= 15 is 0 Å². The average molecular weight is 283 g/mol. The van der Waals surface area contributed by atoms with Crippen molar-refractivity contribution in [3.05, 3.63) is 65.7 Å². The summed E-state index contributed by atoms with van der Waals surface area (Å²) >= 11 is 0. The quantitative estimate of drug-likeness (QED) is 0.820. The van der Waals surface area contributed by atoms with Crippen LogP contribution < -0.4 is 5.32 Å². The summed E-state index contributed by atoms with van der Waals surface area (Å²) in [5.41, 5.74) is 3.23. The number of benzene rings is 2. The van der Waals surface area contributed by atoms with Gasteiger partial charge in [0, 0.05) is 12.2 Å². The van der Waals surface area contributed by atoms with Gasteiger partial charge in [-0.05, 0) is 24.1 Å². The first-order valence-electron chi connectivity index (χ1n) is 7.17. The summed E-state index contributed by atoms with van der Waals surface area (Å²) in [4.78, 5) is 12.0. The molecule has 2 aromatic carbocycles. The van der Waals surface area contributed by atoms with Gasteiger partial charge in [0.25, 0.3) is 0 Å². The lowest BCUT2D eigenvalue weighted by Gasteiger charge is -2.14. The molecule has 0 bridgehead atoms. The van der Waals surface area contributed by atoms with Crippen LogP contribution in [0.15, 0.2) is 54.6 Å². The minimum absolute atomic E-state index is 0.181. The van der Waals surface area contributed by atoms with Crippen molar-refractivity contribution in [3.63, 3.8) is 0 Å². The van der Waals surface area contributed by atoms with E-state index < -0.39 is 0 Å². The third-order valence-corrected chi connectivity index (χ3v) is 3.37. The van der Waals surface area contributed by atoms with Crippen molar-refractivity contribution in [2.45, 2.75) is 20.5 Å². The number of esters is 1. The standard InChI is InChI=1S/C18H21NO2/c1-14-8-6-7-11-17(14)19-12-15(2)18(20)21-13-16-9-4-3-5-10-16/h3-11,15,19H,12-13H2,1-2H3. The monoisotopic (exact) mass is 283 g/mol. The zero-order valence-electron chi connectivity index (χ0n) is 12.5. The Morgan fingerprint density at radius 2 is 1.76 bits per heavy atom. The molecule has 110 valence electrons. The molecule has 2 aromatic rings. The lowest BCUT2D eigenvalue weighted by atomic mass is 10.1. The molecule has 21 heavy (non-hydrogen) atoms. The van der Waals surface area contributed by atoms with Crippen LogP contribution in [0.2, 0.25) is 0 Å². The van der Waals surface area contributed by atoms with Gasteiger partial charge in [0.2, 0.25) is 0 Å². The van der Waals surface area contributed by atoms with Crippen LogP contribution >= 0.6 is 0 Å². The molecule has 1 atom stereocenters. The van der Waals surface area contributed by atoms with E-state index in [1.54, 1.807) is 0 Å². The number of hydrogen-bond acceptors (Lipinski definition) is 3. The first kappa shape index (κ1) is 15.1. The number of carbonyl (C=O) groups excluding carboxylic acids is 1. The highest BCUT2D eigenvalue weighted by Crippen LogP contribution is 2.14. The maximum Gasteiger partial charge on any atom is 0.310 e. The van der Waals surface area contributed by atoms with Gasteiger partial charge in [0.05, 0.1) is 5.92 Å². The lowest BCUT2D eigenvalue weighted by molar-refractivity contribution is -0.148. The average Bonchev–Trinajstić information content (AvgIpc) is 2.52. The van der Waals surface area contributed by atoms with Gasteiger partial charge < -0.3 is 10.1 Å². The number of para-hydroxylation sites is 1. The second-order valence-corrected chi connectivity index (χ2v) is 5.19. The Labute approximate surface area is 126 Å². The highest BCUT2D eigenvalue weighted by atomic mass is 16.5. The second kappa shape index (κ2) is 7.48. The maximum atomic E-state index is 12.0. The van der Waals surface area contributed by atoms with E-state index in [1.807, 2.05) is 68.4 Å². The van der Waals surface area contributed by atoms with Crippen LogP contribution in [-0.2, 0) is 16.1 Å². The molecule has 0 radical (unpaired) electrons. The molecule has 0 aliphatic carbocycles. The topological polar surface area (TPSA) is 38.3 Å². The molecule has 0 aromatic heterocycles. The summed E-state index contributed by atoms with van der Waals surface area (Å²) in [7, 11) is 0. The molecule has 3 heteroatoms. The molecule has 3 nitrogen and oxygen atoms in total. The van der Waals surface area contributed by atoms with Gasteiger partial charge in [-0.2, -0.15) is 0 Å². The Morgan fingerprint density at radius 3 is 2.48 bits per heavy atom. The highest BCUT2D eigenvalue weighted by molar-refractivity contribution is 5.72. The summed E-state index contributed by atoms with van der Waals surface area (Å²) in [5.74, 6) is -0.367. The van der Waals surface area contributed by atoms with Crippen LogP contribution in [0.25, 0.3) is 0 Å². The second-order valence-electron chi connectivity index (χ2n) is 5.19. The van der Waals surface area contributed by atoms with E-state index in [2.05, 4.69) is 5.32 Å². The van der Waals surface area contributed by atoms with E-state index in [0.29, 0.717) is 13.2 Å². The summed E-state index contributed by atoms with van der Waals surface area (Å²) in [6, 6.07) is 17.7. The van der Waals surface area contributed by atoms with Crippen molar-refractivity contribution in [3.8, 4) is 0 Å². The minimum Gasteiger partial charge on any atom is -0.461 e. The number of hydrogen-bond donors (Lipinski definition) is 1. The Balaban J connectivity index is 1.79. The summed E-state index contributed by atoms with van der Waals surface area (Å²) in [5, 5.41) is 3.29. The predicted molar refractivity (Wildman–Crippen MR) is 85.1 cm³/mol. The predicted octanol–water partition coefficient (Wildman–Crippen LogP) is 3.79. The Kier molecular flexibility index (Phi) is 5.38. The fraction of sp³-hybridized carbons (Fsp3) is 0.278. The lowest BCUT2D eigenvalue weighted by Crippen LogP contribution is -2.22. The molecule has 0 aliphatic rings.